The summed E-state index contributed by atoms with van der Waals surface area (Å²) in [4.78, 5) is 0. The first-order chi connectivity index (χ1) is 11.0. The van der Waals surface area contributed by atoms with E-state index >= 15 is 0 Å². The molecule has 1 aromatic carbocycles. The molecule has 8 heteroatoms. The SMILES string of the molecule is CC.CC.COc1c(C)c(C(F)(F)F)c(OC)c(C)c1C(F)(F)F. The molecular weight excluding hydrogens is 338 g/mol. The molecule has 0 unspecified atom stereocenters. The molecule has 1 rings (SSSR count). The van der Waals surface area contributed by atoms with Crippen LogP contribution in [0.1, 0.15) is 49.9 Å². The molecule has 0 N–H and O–H groups in total. The van der Waals surface area contributed by atoms with Gasteiger partial charge in [-0.15, -0.1) is 0 Å². The van der Waals surface area contributed by atoms with Gasteiger partial charge < -0.3 is 9.47 Å². The van der Waals surface area contributed by atoms with Crippen LogP contribution in [-0.2, 0) is 12.4 Å². The fraction of sp³-hybridized carbons (Fsp3) is 0.625. The molecule has 0 aliphatic heterocycles. The van der Waals surface area contributed by atoms with E-state index in [1.165, 1.54) is 0 Å². The van der Waals surface area contributed by atoms with Crippen molar-refractivity contribution in [2.75, 3.05) is 14.2 Å². The number of hydrogen-bond acceptors (Lipinski definition) is 2. The first kappa shape index (κ1) is 24.6. The van der Waals surface area contributed by atoms with Crippen molar-refractivity contribution in [2.45, 2.75) is 53.9 Å². The minimum atomic E-state index is -4.85. The topological polar surface area (TPSA) is 18.5 Å². The summed E-state index contributed by atoms with van der Waals surface area (Å²) in [7, 11) is 1.79. The maximum Gasteiger partial charge on any atom is 0.420 e. The normalized spacial score (nSPS) is 10.9. The van der Waals surface area contributed by atoms with Crippen molar-refractivity contribution in [3.05, 3.63) is 22.3 Å². The van der Waals surface area contributed by atoms with Gasteiger partial charge in [0.25, 0.3) is 0 Å². The molecule has 0 atom stereocenters. The van der Waals surface area contributed by atoms with Crippen LogP contribution in [0.4, 0.5) is 26.3 Å². The van der Waals surface area contributed by atoms with Crippen LogP contribution in [0.25, 0.3) is 0 Å². The molecule has 1 aromatic rings. The third kappa shape index (κ3) is 5.21. The van der Waals surface area contributed by atoms with Gasteiger partial charge in [0.05, 0.1) is 14.2 Å². The lowest BCUT2D eigenvalue weighted by Crippen LogP contribution is -2.18. The molecule has 0 amide bonds. The van der Waals surface area contributed by atoms with Crippen molar-refractivity contribution in [3.8, 4) is 11.5 Å². The maximum atomic E-state index is 13.0. The van der Waals surface area contributed by atoms with Gasteiger partial charge in [0.1, 0.15) is 22.6 Å². The lowest BCUT2D eigenvalue weighted by atomic mass is 9.95. The van der Waals surface area contributed by atoms with Crippen LogP contribution in [0.15, 0.2) is 0 Å². The summed E-state index contributed by atoms with van der Waals surface area (Å²) in [6.45, 7) is 9.83. The second-order valence-electron chi connectivity index (χ2n) is 4.06. The van der Waals surface area contributed by atoms with Crippen molar-refractivity contribution in [2.24, 2.45) is 0 Å². The molecule has 0 radical (unpaired) electrons. The molecular formula is C16H24F6O2. The first-order valence-corrected chi connectivity index (χ1v) is 7.36. The van der Waals surface area contributed by atoms with Gasteiger partial charge >= 0.3 is 12.4 Å². The molecule has 142 valence electrons. The Kier molecular flexibility index (Phi) is 9.90. The van der Waals surface area contributed by atoms with Gasteiger partial charge in [0, 0.05) is 11.1 Å². The van der Waals surface area contributed by atoms with Crippen LogP contribution in [0, 0.1) is 13.8 Å². The fourth-order valence-electron chi connectivity index (χ4n) is 2.14. The van der Waals surface area contributed by atoms with E-state index in [1.807, 2.05) is 27.7 Å². The number of hydrogen-bond donors (Lipinski definition) is 0. The van der Waals surface area contributed by atoms with Crippen LogP contribution in [0.5, 0.6) is 11.5 Å². The number of ether oxygens (including phenoxy) is 2. The average molecular weight is 362 g/mol. The van der Waals surface area contributed by atoms with E-state index < -0.39 is 46.1 Å². The third-order valence-electron chi connectivity index (χ3n) is 2.86. The highest BCUT2D eigenvalue weighted by Crippen LogP contribution is 2.50. The number of halogens is 6. The zero-order valence-electron chi connectivity index (χ0n) is 15.1. The molecule has 0 heterocycles. The maximum absolute atomic E-state index is 13.0. The Bertz CT molecular complexity index is 471. The van der Waals surface area contributed by atoms with E-state index in [-0.39, 0.29) is 0 Å². The molecule has 0 aromatic heterocycles. The number of methoxy groups -OCH3 is 2. The molecule has 24 heavy (non-hydrogen) atoms. The molecule has 0 fully saturated rings. The Labute approximate surface area is 138 Å². The minimum absolute atomic E-state index is 0.658. The quantitative estimate of drug-likeness (QED) is 0.566. The highest BCUT2D eigenvalue weighted by Gasteiger charge is 2.45. The largest absolute Gasteiger partial charge is 0.496 e. The molecule has 0 saturated carbocycles. The van der Waals surface area contributed by atoms with Crippen LogP contribution in [0.2, 0.25) is 0 Å². The van der Waals surface area contributed by atoms with Gasteiger partial charge in [-0.1, -0.05) is 27.7 Å². The van der Waals surface area contributed by atoms with E-state index in [2.05, 4.69) is 9.47 Å². The Hall–Kier alpha value is -1.60. The standard InChI is InChI=1S/C12H12F6O2.2C2H6/c1-5-7(11(13,14)15)10(20-4)6(2)8(9(5)19-3)12(16,17)18;2*1-2/h1-4H3;2*1-2H3. The van der Waals surface area contributed by atoms with Crippen LogP contribution < -0.4 is 9.47 Å². The summed E-state index contributed by atoms with van der Waals surface area (Å²) in [6.07, 6.45) is -9.70. The smallest absolute Gasteiger partial charge is 0.420 e. The van der Waals surface area contributed by atoms with Crippen LogP contribution >= 0.6 is 0 Å². The average Bonchev–Trinajstić information content (AvgIpc) is 2.49. The Morgan fingerprint density at radius 2 is 0.792 bits per heavy atom. The Morgan fingerprint density at radius 3 is 0.917 bits per heavy atom. The van der Waals surface area contributed by atoms with Gasteiger partial charge in [0.2, 0.25) is 0 Å². The zero-order valence-corrected chi connectivity index (χ0v) is 15.1. The summed E-state index contributed by atoms with van der Waals surface area (Å²) >= 11 is 0. The molecule has 0 bridgehead atoms. The molecule has 0 aliphatic rings. The predicted octanol–water partition coefficient (Wildman–Crippen LogP) is 6.41. The van der Waals surface area contributed by atoms with Crippen molar-refractivity contribution in [1.82, 2.24) is 0 Å². The van der Waals surface area contributed by atoms with Gasteiger partial charge in [-0.05, 0) is 13.8 Å². The summed E-state index contributed by atoms with van der Waals surface area (Å²) in [6, 6.07) is 0. The van der Waals surface area contributed by atoms with Crippen molar-refractivity contribution in [1.29, 1.82) is 0 Å². The van der Waals surface area contributed by atoms with Crippen LogP contribution in [0.3, 0.4) is 0 Å². The number of benzene rings is 1. The third-order valence-corrected chi connectivity index (χ3v) is 2.86. The van der Waals surface area contributed by atoms with Crippen molar-refractivity contribution in [3.63, 3.8) is 0 Å². The lowest BCUT2D eigenvalue weighted by molar-refractivity contribution is -0.144. The molecule has 0 saturated heterocycles. The van der Waals surface area contributed by atoms with E-state index in [0.29, 0.717) is 0 Å². The first-order valence-electron chi connectivity index (χ1n) is 7.36. The van der Waals surface area contributed by atoms with E-state index in [0.717, 1.165) is 28.1 Å². The number of alkyl halides is 6. The summed E-state index contributed by atoms with van der Waals surface area (Å²) in [5, 5.41) is 0. The molecule has 0 spiro atoms. The van der Waals surface area contributed by atoms with Gasteiger partial charge in [-0.3, -0.25) is 0 Å². The van der Waals surface area contributed by atoms with Gasteiger partial charge in [-0.2, -0.15) is 26.3 Å². The van der Waals surface area contributed by atoms with Crippen molar-refractivity contribution < 1.29 is 35.8 Å². The molecule has 2 nitrogen and oxygen atoms in total. The van der Waals surface area contributed by atoms with E-state index in [1.54, 1.807) is 0 Å². The number of rotatable bonds is 2. The Morgan fingerprint density at radius 1 is 0.583 bits per heavy atom. The summed E-state index contributed by atoms with van der Waals surface area (Å²) < 4.78 is 87.1. The minimum Gasteiger partial charge on any atom is -0.496 e. The summed E-state index contributed by atoms with van der Waals surface area (Å²) in [5.74, 6) is -1.69. The second-order valence-corrected chi connectivity index (χ2v) is 4.06. The predicted molar refractivity (Wildman–Crippen MR) is 81.7 cm³/mol. The highest BCUT2D eigenvalue weighted by atomic mass is 19.4. The lowest BCUT2D eigenvalue weighted by Gasteiger charge is -2.24. The van der Waals surface area contributed by atoms with Crippen molar-refractivity contribution >= 4 is 0 Å². The van der Waals surface area contributed by atoms with E-state index in [9.17, 15) is 26.3 Å². The fourth-order valence-corrected chi connectivity index (χ4v) is 2.14. The monoisotopic (exact) mass is 362 g/mol. The molecule has 0 aliphatic carbocycles. The zero-order chi connectivity index (χ0) is 19.9. The highest BCUT2D eigenvalue weighted by molar-refractivity contribution is 5.60. The van der Waals surface area contributed by atoms with E-state index in [4.69, 9.17) is 0 Å². The summed E-state index contributed by atoms with van der Waals surface area (Å²) in [5.41, 5.74) is -3.84. The van der Waals surface area contributed by atoms with Gasteiger partial charge in [0.15, 0.2) is 0 Å². The van der Waals surface area contributed by atoms with Gasteiger partial charge in [-0.25, -0.2) is 0 Å². The Balaban J connectivity index is 0. The second kappa shape index (κ2) is 9.64. The van der Waals surface area contributed by atoms with Crippen LogP contribution in [-0.4, -0.2) is 14.2 Å².